The lowest BCUT2D eigenvalue weighted by Gasteiger charge is -1.98. The molecule has 0 spiro atoms. The molecule has 2 aromatic heterocycles. The Bertz CT molecular complexity index is 468. The van der Waals surface area contributed by atoms with E-state index in [1.807, 2.05) is 6.07 Å². The molecule has 74 valence electrons. The lowest BCUT2D eigenvalue weighted by Crippen LogP contribution is -2.01. The topological polar surface area (TPSA) is 76.0 Å². The minimum absolute atomic E-state index is 0.0744. The second kappa shape index (κ2) is 3.83. The minimum atomic E-state index is -1.09. The summed E-state index contributed by atoms with van der Waals surface area (Å²) in [6.07, 6.45) is 4.25. The Morgan fingerprint density at radius 3 is 2.47 bits per heavy atom. The van der Waals surface area contributed by atoms with E-state index >= 15 is 0 Å². The average molecular weight is 201 g/mol. The van der Waals surface area contributed by atoms with Gasteiger partial charge in [0.2, 0.25) is 0 Å². The third-order valence-corrected chi connectivity index (χ3v) is 1.80. The summed E-state index contributed by atoms with van der Waals surface area (Å²) in [4.78, 5) is 22.3. The van der Waals surface area contributed by atoms with Crippen LogP contribution in [-0.2, 0) is 0 Å². The number of hydrogen-bond donors (Lipinski definition) is 1. The van der Waals surface area contributed by atoms with Crippen molar-refractivity contribution in [2.45, 2.75) is 0 Å². The first kappa shape index (κ1) is 9.26. The van der Waals surface area contributed by atoms with Crippen LogP contribution in [0.25, 0.3) is 11.4 Å². The third kappa shape index (κ3) is 1.96. The number of carbonyl (C=O) groups is 1. The van der Waals surface area contributed by atoms with Crippen molar-refractivity contribution in [1.29, 1.82) is 0 Å². The molecule has 5 nitrogen and oxygen atoms in total. The van der Waals surface area contributed by atoms with E-state index in [0.29, 0.717) is 11.4 Å². The van der Waals surface area contributed by atoms with E-state index in [-0.39, 0.29) is 5.69 Å². The Morgan fingerprint density at radius 2 is 1.93 bits per heavy atom. The number of hydrogen-bond acceptors (Lipinski definition) is 4. The zero-order valence-electron chi connectivity index (χ0n) is 7.66. The van der Waals surface area contributed by atoms with Gasteiger partial charge in [-0.15, -0.1) is 0 Å². The summed E-state index contributed by atoms with van der Waals surface area (Å²) in [5.74, 6) is -1.09. The lowest BCUT2D eigenvalue weighted by molar-refractivity contribution is 0.0690. The summed E-state index contributed by atoms with van der Waals surface area (Å²) in [5.41, 5.74) is 1.15. The fourth-order valence-corrected chi connectivity index (χ4v) is 1.09. The van der Waals surface area contributed by atoms with E-state index in [1.54, 1.807) is 18.3 Å². The summed E-state index contributed by atoms with van der Waals surface area (Å²) in [6, 6.07) is 5.40. The number of pyridine rings is 1. The van der Waals surface area contributed by atoms with E-state index in [4.69, 9.17) is 5.11 Å². The Kier molecular flexibility index (Phi) is 2.37. The molecule has 0 fully saturated rings. The molecule has 0 bridgehead atoms. The molecule has 0 unspecified atom stereocenters. The first-order valence-electron chi connectivity index (χ1n) is 4.24. The SMILES string of the molecule is O=C(O)c1cnc(-c2ccccn2)cn1. The van der Waals surface area contributed by atoms with Gasteiger partial charge in [0.1, 0.15) is 5.69 Å². The van der Waals surface area contributed by atoms with E-state index < -0.39 is 5.97 Å². The molecule has 0 radical (unpaired) electrons. The number of nitrogens with zero attached hydrogens (tertiary/aromatic N) is 3. The monoisotopic (exact) mass is 201 g/mol. The number of aromatic carboxylic acids is 1. The molecule has 0 saturated heterocycles. The van der Waals surface area contributed by atoms with Gasteiger partial charge in [0.05, 0.1) is 18.1 Å². The standard InChI is InChI=1S/C10H7N3O2/c14-10(15)9-6-12-8(5-13-9)7-3-1-2-4-11-7/h1-6H,(H,14,15). The molecule has 0 amide bonds. The summed E-state index contributed by atoms with van der Waals surface area (Å²) in [6.45, 7) is 0. The van der Waals surface area contributed by atoms with Crippen molar-refractivity contribution >= 4 is 5.97 Å². The van der Waals surface area contributed by atoms with Crippen molar-refractivity contribution in [3.05, 3.63) is 42.5 Å². The molecule has 0 aliphatic rings. The molecule has 1 N–H and O–H groups in total. The van der Waals surface area contributed by atoms with Gasteiger partial charge in [0, 0.05) is 6.20 Å². The van der Waals surface area contributed by atoms with Gasteiger partial charge in [-0.05, 0) is 12.1 Å². The highest BCUT2D eigenvalue weighted by molar-refractivity contribution is 5.85. The number of rotatable bonds is 2. The van der Waals surface area contributed by atoms with Crippen LogP contribution in [0.4, 0.5) is 0 Å². The van der Waals surface area contributed by atoms with Crippen LogP contribution in [0.5, 0.6) is 0 Å². The summed E-state index contributed by atoms with van der Waals surface area (Å²) < 4.78 is 0. The van der Waals surface area contributed by atoms with Gasteiger partial charge in [-0.25, -0.2) is 9.78 Å². The maximum atomic E-state index is 10.5. The van der Waals surface area contributed by atoms with Gasteiger partial charge < -0.3 is 5.11 Å². The molecule has 0 saturated carbocycles. The zero-order chi connectivity index (χ0) is 10.7. The highest BCUT2D eigenvalue weighted by Crippen LogP contribution is 2.11. The number of carboxylic acid groups (broad SMARTS) is 1. The summed E-state index contributed by atoms with van der Waals surface area (Å²) in [7, 11) is 0. The van der Waals surface area contributed by atoms with Crippen molar-refractivity contribution in [1.82, 2.24) is 15.0 Å². The number of aromatic nitrogens is 3. The van der Waals surface area contributed by atoms with Gasteiger partial charge in [-0.1, -0.05) is 6.07 Å². The molecule has 0 aromatic carbocycles. The van der Waals surface area contributed by atoms with Crippen LogP contribution in [0.3, 0.4) is 0 Å². The molecule has 2 heterocycles. The van der Waals surface area contributed by atoms with E-state index in [0.717, 1.165) is 0 Å². The molecule has 15 heavy (non-hydrogen) atoms. The second-order valence-corrected chi connectivity index (χ2v) is 2.81. The third-order valence-electron chi connectivity index (χ3n) is 1.80. The highest BCUT2D eigenvalue weighted by Gasteiger charge is 2.05. The molecular formula is C10H7N3O2. The zero-order valence-corrected chi connectivity index (χ0v) is 7.66. The van der Waals surface area contributed by atoms with Crippen LogP contribution in [0.1, 0.15) is 10.5 Å². The number of carboxylic acids is 1. The van der Waals surface area contributed by atoms with Gasteiger partial charge in [0.15, 0.2) is 5.69 Å². The second-order valence-electron chi connectivity index (χ2n) is 2.81. The summed E-state index contributed by atoms with van der Waals surface area (Å²) in [5, 5.41) is 8.63. The Labute approximate surface area is 85.5 Å². The van der Waals surface area contributed by atoms with E-state index in [9.17, 15) is 4.79 Å². The largest absolute Gasteiger partial charge is 0.476 e. The fourth-order valence-electron chi connectivity index (χ4n) is 1.09. The average Bonchev–Trinajstić information content (AvgIpc) is 2.30. The lowest BCUT2D eigenvalue weighted by atomic mass is 10.3. The van der Waals surface area contributed by atoms with E-state index in [1.165, 1.54) is 12.4 Å². The van der Waals surface area contributed by atoms with Crippen LogP contribution >= 0.6 is 0 Å². The van der Waals surface area contributed by atoms with Gasteiger partial charge in [0.25, 0.3) is 0 Å². The Hall–Kier alpha value is -2.30. The molecule has 0 atom stereocenters. The van der Waals surface area contributed by atoms with E-state index in [2.05, 4.69) is 15.0 Å². The fraction of sp³-hybridized carbons (Fsp3) is 0. The molecule has 5 heteroatoms. The maximum Gasteiger partial charge on any atom is 0.356 e. The normalized spacial score (nSPS) is 9.87. The molecule has 2 rings (SSSR count). The summed E-state index contributed by atoms with van der Waals surface area (Å²) >= 11 is 0. The maximum absolute atomic E-state index is 10.5. The Balaban J connectivity index is 2.36. The minimum Gasteiger partial charge on any atom is -0.476 e. The van der Waals surface area contributed by atoms with Crippen molar-refractivity contribution in [3.8, 4) is 11.4 Å². The molecule has 2 aromatic rings. The molecule has 0 aliphatic heterocycles. The van der Waals surface area contributed by atoms with Crippen molar-refractivity contribution in [3.63, 3.8) is 0 Å². The van der Waals surface area contributed by atoms with Crippen LogP contribution in [-0.4, -0.2) is 26.0 Å². The smallest absolute Gasteiger partial charge is 0.356 e. The van der Waals surface area contributed by atoms with Crippen molar-refractivity contribution < 1.29 is 9.90 Å². The molecular weight excluding hydrogens is 194 g/mol. The van der Waals surface area contributed by atoms with Crippen LogP contribution < -0.4 is 0 Å². The van der Waals surface area contributed by atoms with Gasteiger partial charge in [-0.3, -0.25) is 9.97 Å². The predicted octanol–water partition coefficient (Wildman–Crippen LogP) is 1.24. The first-order valence-corrected chi connectivity index (χ1v) is 4.24. The quantitative estimate of drug-likeness (QED) is 0.790. The van der Waals surface area contributed by atoms with Crippen molar-refractivity contribution in [2.24, 2.45) is 0 Å². The van der Waals surface area contributed by atoms with Crippen LogP contribution in [0.15, 0.2) is 36.8 Å². The predicted molar refractivity (Wildman–Crippen MR) is 52.2 cm³/mol. The van der Waals surface area contributed by atoms with Crippen molar-refractivity contribution in [2.75, 3.05) is 0 Å². The van der Waals surface area contributed by atoms with Gasteiger partial charge >= 0.3 is 5.97 Å². The molecule has 0 aliphatic carbocycles. The van der Waals surface area contributed by atoms with Crippen LogP contribution in [0, 0.1) is 0 Å². The highest BCUT2D eigenvalue weighted by atomic mass is 16.4. The Morgan fingerprint density at radius 1 is 1.07 bits per heavy atom. The van der Waals surface area contributed by atoms with Crippen LogP contribution in [0.2, 0.25) is 0 Å². The van der Waals surface area contributed by atoms with Gasteiger partial charge in [-0.2, -0.15) is 0 Å². The first-order chi connectivity index (χ1) is 7.27.